The third-order valence-electron chi connectivity index (χ3n) is 26.5. The molecule has 0 bridgehead atoms. The summed E-state index contributed by atoms with van der Waals surface area (Å²) in [5, 5.41) is 29.5. The van der Waals surface area contributed by atoms with E-state index in [1.807, 2.05) is 60.7 Å². The van der Waals surface area contributed by atoms with E-state index in [4.69, 9.17) is 28.7 Å². The summed E-state index contributed by atoms with van der Waals surface area (Å²) in [6, 6.07) is 109. The van der Waals surface area contributed by atoms with E-state index in [1.165, 1.54) is 111 Å². The fourth-order valence-corrected chi connectivity index (χ4v) is 20.9. The largest absolute Gasteiger partial charge is 0.386 e. The number of amides is 1. The van der Waals surface area contributed by atoms with Crippen LogP contribution in [0, 0.1) is 34.0 Å². The molecule has 0 saturated carbocycles. The summed E-state index contributed by atoms with van der Waals surface area (Å²) in [5.74, 6) is 1.17. The molecule has 0 atom stereocenters. The molecule has 2 spiro atoms. The minimum absolute atomic E-state index is 0.107. The molecule has 0 aromatic heterocycles. The molecule has 2 heterocycles. The molecule has 1 amide bonds. The van der Waals surface area contributed by atoms with Crippen LogP contribution in [0.1, 0.15) is 185 Å². The third kappa shape index (κ3) is 15.0. The van der Waals surface area contributed by atoms with Crippen LogP contribution in [0.2, 0.25) is 0 Å². The fraction of sp³-hybridized carbons (Fsp3) is 0.271. The summed E-state index contributed by atoms with van der Waals surface area (Å²) in [4.78, 5) is 21.6. The van der Waals surface area contributed by atoms with Gasteiger partial charge in [-0.2, -0.15) is 15.8 Å². The van der Waals surface area contributed by atoms with Crippen molar-refractivity contribution < 1.29 is 4.79 Å². The molecule has 118 heavy (non-hydrogen) atoms. The minimum Gasteiger partial charge on any atom is -0.386 e. The van der Waals surface area contributed by atoms with Gasteiger partial charge in [-0.3, -0.25) is 14.8 Å². The van der Waals surface area contributed by atoms with Gasteiger partial charge < -0.3 is 28.7 Å². The van der Waals surface area contributed by atoms with Crippen LogP contribution in [0.25, 0.3) is 0 Å². The third-order valence-corrected chi connectivity index (χ3v) is 26.5. The van der Waals surface area contributed by atoms with Crippen LogP contribution in [-0.2, 0) is 109 Å². The number of nitrogens with zero attached hydrogens (tertiary/aromatic N) is 5. The number of nitriles is 3. The Morgan fingerprint density at radius 2 is 0.559 bits per heavy atom. The van der Waals surface area contributed by atoms with Gasteiger partial charge in [-0.05, 0) is 256 Å². The average molecular weight is 1550 g/mol. The summed E-state index contributed by atoms with van der Waals surface area (Å²) in [6.45, 7) is 4.75. The van der Waals surface area contributed by atoms with Crippen molar-refractivity contribution in [3.8, 4) is 18.2 Å². The van der Waals surface area contributed by atoms with Crippen LogP contribution in [0.3, 0.4) is 0 Å². The molecule has 0 unspecified atom stereocenters. The van der Waals surface area contributed by atoms with Crippen LogP contribution < -0.4 is 28.7 Å². The van der Waals surface area contributed by atoms with E-state index in [2.05, 4.69) is 266 Å². The summed E-state index contributed by atoms with van der Waals surface area (Å²) < 4.78 is 0. The Hall–Kier alpha value is -12.6. The Kier molecular flexibility index (Phi) is 24.5. The minimum atomic E-state index is -0.807. The second-order valence-corrected chi connectivity index (χ2v) is 32.5. The number of rotatable bonds is 7. The molecule has 6 aliphatic carbocycles. The molecular weight excluding hydrogens is 1440 g/mol. The number of carbonyl (C=O) groups is 1. The summed E-state index contributed by atoms with van der Waals surface area (Å²) in [7, 11) is 0. The SMILES string of the molecule is CCCC1(C#N)c2ccccc2CCc2ccccc21.N#CC1(CCN)c2ccccc2CCc2ccccc21.N#CC1c2ccccc2CCc2ccccc21.NC1=NCCC12c1ccccc1CCc1ccccc12.NC1=NCCC12c1ccccc1CCc1ccccc12.NCCC1(C(N)=O)c2ccccc2CCc2ccccc21. The van der Waals surface area contributed by atoms with E-state index in [9.17, 15) is 20.6 Å². The van der Waals surface area contributed by atoms with Crippen molar-refractivity contribution in [1.82, 2.24) is 0 Å². The van der Waals surface area contributed by atoms with E-state index >= 15 is 0 Å². The Morgan fingerprint density at radius 1 is 0.331 bits per heavy atom. The number of amidine groups is 2. The predicted molar refractivity (Wildman–Crippen MR) is 478 cm³/mol. The van der Waals surface area contributed by atoms with Gasteiger partial charge in [-0.1, -0.05) is 305 Å². The van der Waals surface area contributed by atoms with Gasteiger partial charge in [0.1, 0.15) is 27.9 Å². The number of carbonyl (C=O) groups excluding carboxylic acids is 1. The Morgan fingerprint density at radius 3 is 0.805 bits per heavy atom. The van der Waals surface area contributed by atoms with Gasteiger partial charge in [0.05, 0.1) is 35.0 Å². The highest BCUT2D eigenvalue weighted by Gasteiger charge is 2.48. The van der Waals surface area contributed by atoms with Crippen molar-refractivity contribution in [3.05, 3.63) is 425 Å². The highest BCUT2D eigenvalue weighted by molar-refractivity contribution is 5.99. The molecular formula is C107H106N10O. The van der Waals surface area contributed by atoms with Gasteiger partial charge in [-0.25, -0.2) is 0 Å². The van der Waals surface area contributed by atoms with Crippen molar-refractivity contribution in [2.24, 2.45) is 38.7 Å². The van der Waals surface area contributed by atoms with Crippen LogP contribution in [0.15, 0.2) is 301 Å². The molecule has 2 aliphatic heterocycles. The van der Waals surface area contributed by atoms with Crippen molar-refractivity contribution in [2.75, 3.05) is 26.2 Å². The van der Waals surface area contributed by atoms with Gasteiger partial charge in [-0.15, -0.1) is 0 Å². The van der Waals surface area contributed by atoms with Crippen molar-refractivity contribution >= 4 is 17.6 Å². The van der Waals surface area contributed by atoms with Gasteiger partial charge in [0.15, 0.2) is 0 Å². The fourth-order valence-electron chi connectivity index (χ4n) is 20.9. The first-order valence-corrected chi connectivity index (χ1v) is 42.4. The van der Waals surface area contributed by atoms with E-state index < -0.39 is 16.2 Å². The Labute approximate surface area is 697 Å². The quantitative estimate of drug-likeness (QED) is 0.102. The number of hydrogen-bond donors (Lipinski definition) is 5. The zero-order valence-electron chi connectivity index (χ0n) is 67.9. The molecule has 0 radical (unpaired) electrons. The zero-order valence-corrected chi connectivity index (χ0v) is 67.9. The van der Waals surface area contributed by atoms with Crippen LogP contribution in [0.4, 0.5) is 0 Å². The molecule has 12 aromatic rings. The number of aliphatic imine (C=N–C) groups is 2. The molecule has 8 aliphatic rings. The second kappa shape index (κ2) is 35.9. The normalized spacial score (nSPS) is 16.6. The van der Waals surface area contributed by atoms with Crippen molar-refractivity contribution in [3.63, 3.8) is 0 Å². The Balaban J connectivity index is 0.000000111. The molecule has 10 N–H and O–H groups in total. The number of aryl methyl sites for hydroxylation is 12. The average Bonchev–Trinajstić information content (AvgIpc) is 1.57. The van der Waals surface area contributed by atoms with Crippen LogP contribution in [0.5, 0.6) is 0 Å². The molecule has 12 aromatic carbocycles. The lowest BCUT2D eigenvalue weighted by Gasteiger charge is -2.33. The van der Waals surface area contributed by atoms with E-state index in [-0.39, 0.29) is 22.7 Å². The maximum absolute atomic E-state index is 12.5. The molecule has 11 heteroatoms. The van der Waals surface area contributed by atoms with E-state index in [1.54, 1.807) is 0 Å². The maximum atomic E-state index is 12.5. The second-order valence-electron chi connectivity index (χ2n) is 32.5. The van der Waals surface area contributed by atoms with Crippen LogP contribution in [-0.4, -0.2) is 43.8 Å². The van der Waals surface area contributed by atoms with E-state index in [0.717, 1.165) is 150 Å². The molecule has 590 valence electrons. The number of nitrogens with two attached hydrogens (primary N) is 5. The number of primary amides is 1. The lowest BCUT2D eigenvalue weighted by molar-refractivity contribution is -0.122. The van der Waals surface area contributed by atoms with Crippen molar-refractivity contribution in [2.45, 2.75) is 155 Å². The van der Waals surface area contributed by atoms with Gasteiger partial charge >= 0.3 is 0 Å². The van der Waals surface area contributed by atoms with Gasteiger partial charge in [0.25, 0.3) is 0 Å². The lowest BCUT2D eigenvalue weighted by Crippen LogP contribution is -2.44. The Bertz CT molecular complexity index is 5320. The summed E-state index contributed by atoms with van der Waals surface area (Å²) in [6.07, 6.45) is 17.4. The van der Waals surface area contributed by atoms with Crippen LogP contribution >= 0.6 is 0 Å². The molecule has 0 saturated heterocycles. The van der Waals surface area contributed by atoms with E-state index in [0.29, 0.717) is 25.9 Å². The number of fused-ring (bicyclic) bond motifs is 16. The molecule has 0 fully saturated rings. The molecule has 20 rings (SSSR count). The first kappa shape index (κ1) is 80.6. The van der Waals surface area contributed by atoms with Gasteiger partial charge in [0, 0.05) is 13.1 Å². The monoisotopic (exact) mass is 1550 g/mol. The first-order valence-electron chi connectivity index (χ1n) is 42.4. The summed E-state index contributed by atoms with van der Waals surface area (Å²) >= 11 is 0. The number of benzene rings is 12. The highest BCUT2D eigenvalue weighted by Crippen LogP contribution is 2.49. The lowest BCUT2D eigenvalue weighted by atomic mass is 9.69. The standard InChI is InChI=1S/C19H19N.C18H20N2O.3C18H18N2.C16H13N/c1-2-13-19(14-20)17-9-5-3-7-15(17)11-12-16-8-4-6-10-18(16)19;19-12-11-18(17(20)21)15-7-3-1-5-13(15)9-10-14-6-2-4-8-16(14)18;2*19-17-18(11-12-20-17)15-7-3-1-5-13(15)9-10-14-6-2-4-8-16(14)18;19-12-11-18(13-20)16-7-3-1-5-14(16)9-10-15-6-2-4-8-17(15)18;17-11-16-14-7-3-1-5-12(14)9-10-13-6-2-4-8-15(13)16/h3-10H,2,11-13H2,1H3;1-8H,9-12,19H2,(H2,20,21);2*1-8H,9-12H2,(H2,19,20);1-8H,9-12,19H2;1-8,16H,9-10H2. The number of hydrogen-bond acceptors (Lipinski definition) is 10. The van der Waals surface area contributed by atoms with Crippen molar-refractivity contribution in [1.29, 1.82) is 15.8 Å². The first-order chi connectivity index (χ1) is 57.9. The summed E-state index contributed by atoms with van der Waals surface area (Å²) in [5.41, 5.74) is 58.6. The zero-order chi connectivity index (χ0) is 81.7. The topological polar surface area (TPSA) is 243 Å². The smallest absolute Gasteiger partial charge is 0.232 e. The van der Waals surface area contributed by atoms with Gasteiger partial charge in [0.2, 0.25) is 5.91 Å². The highest BCUT2D eigenvalue weighted by atomic mass is 16.1. The maximum Gasteiger partial charge on any atom is 0.232 e. The molecule has 11 nitrogen and oxygen atoms in total. The predicted octanol–water partition coefficient (Wildman–Crippen LogP) is 18.3.